The first kappa shape index (κ1) is 15.6. The molecule has 0 aliphatic rings. The third kappa shape index (κ3) is 4.02. The monoisotopic (exact) mass is 333 g/mol. The molecule has 1 N–H and O–H groups in total. The van der Waals surface area contributed by atoms with Gasteiger partial charge in [-0.1, -0.05) is 6.92 Å². The van der Waals surface area contributed by atoms with E-state index in [1.54, 1.807) is 6.20 Å². The van der Waals surface area contributed by atoms with Crippen LogP contribution < -0.4 is 10.9 Å². The van der Waals surface area contributed by atoms with Gasteiger partial charge in [0, 0.05) is 11.8 Å². The minimum atomic E-state index is -0.0899. The van der Waals surface area contributed by atoms with E-state index in [-0.39, 0.29) is 11.6 Å². The van der Waals surface area contributed by atoms with Gasteiger partial charge in [-0.15, -0.1) is 0 Å². The van der Waals surface area contributed by atoms with Gasteiger partial charge in [-0.25, -0.2) is 4.68 Å². The van der Waals surface area contributed by atoms with Crippen LogP contribution in [0.5, 0.6) is 0 Å². The van der Waals surface area contributed by atoms with E-state index < -0.39 is 0 Å². The summed E-state index contributed by atoms with van der Waals surface area (Å²) >= 11 is 5.18. The van der Waals surface area contributed by atoms with Gasteiger partial charge < -0.3 is 5.32 Å². The van der Waals surface area contributed by atoms with Gasteiger partial charge >= 0.3 is 0 Å². The number of halogens is 1. The first-order valence-corrected chi connectivity index (χ1v) is 8.09. The van der Waals surface area contributed by atoms with Crippen LogP contribution in [0.3, 0.4) is 0 Å². The van der Waals surface area contributed by atoms with Crippen molar-refractivity contribution in [2.24, 2.45) is 0 Å². The fraction of sp³-hybridized carbons (Fsp3) is 0.667. The predicted octanol–water partition coefficient (Wildman–Crippen LogP) is 3.14. The summed E-state index contributed by atoms with van der Waals surface area (Å²) in [5, 5.41) is 8.02. The van der Waals surface area contributed by atoms with Crippen LogP contribution in [0.4, 0.5) is 5.69 Å². The molecule has 102 valence electrons. The average Bonchev–Trinajstić information content (AvgIpc) is 2.33. The van der Waals surface area contributed by atoms with Gasteiger partial charge in [0.25, 0.3) is 5.56 Å². The van der Waals surface area contributed by atoms with Crippen molar-refractivity contribution in [3.8, 4) is 0 Å². The van der Waals surface area contributed by atoms with Gasteiger partial charge in [0.1, 0.15) is 4.47 Å². The van der Waals surface area contributed by atoms with Crippen molar-refractivity contribution >= 4 is 33.4 Å². The van der Waals surface area contributed by atoms with E-state index in [9.17, 15) is 4.79 Å². The molecule has 0 radical (unpaired) electrons. The van der Waals surface area contributed by atoms with Crippen LogP contribution in [-0.2, 0) is 0 Å². The topological polar surface area (TPSA) is 46.9 Å². The van der Waals surface area contributed by atoms with E-state index in [0.717, 1.165) is 18.7 Å². The first-order chi connectivity index (χ1) is 8.47. The van der Waals surface area contributed by atoms with Crippen molar-refractivity contribution < 1.29 is 0 Å². The van der Waals surface area contributed by atoms with Crippen molar-refractivity contribution in [2.75, 3.05) is 18.1 Å². The molecule has 1 unspecified atom stereocenters. The normalized spacial score (nSPS) is 12.8. The molecule has 0 saturated heterocycles. The highest BCUT2D eigenvalue weighted by molar-refractivity contribution is 9.10. The predicted molar refractivity (Wildman–Crippen MR) is 82.7 cm³/mol. The Bertz CT molecular complexity index is 447. The lowest BCUT2D eigenvalue weighted by Crippen LogP contribution is -2.26. The van der Waals surface area contributed by atoms with Crippen LogP contribution in [0.2, 0.25) is 0 Å². The van der Waals surface area contributed by atoms with Gasteiger partial charge in [-0.3, -0.25) is 4.79 Å². The smallest absolute Gasteiger partial charge is 0.283 e. The van der Waals surface area contributed by atoms with E-state index >= 15 is 0 Å². The Balaban J connectivity index is 2.74. The number of rotatable bonds is 6. The van der Waals surface area contributed by atoms with Crippen molar-refractivity contribution in [1.82, 2.24) is 9.78 Å². The minimum Gasteiger partial charge on any atom is -0.383 e. The molecule has 4 nitrogen and oxygen atoms in total. The van der Waals surface area contributed by atoms with Crippen LogP contribution in [-0.4, -0.2) is 27.8 Å². The zero-order chi connectivity index (χ0) is 13.7. The summed E-state index contributed by atoms with van der Waals surface area (Å²) in [7, 11) is 0. The number of anilines is 1. The number of aromatic nitrogens is 2. The summed E-state index contributed by atoms with van der Waals surface area (Å²) in [4.78, 5) is 12.0. The molecule has 0 fully saturated rings. The van der Waals surface area contributed by atoms with Crippen molar-refractivity contribution in [3.05, 3.63) is 21.0 Å². The van der Waals surface area contributed by atoms with E-state index in [1.165, 1.54) is 4.68 Å². The molecule has 6 heteroatoms. The largest absolute Gasteiger partial charge is 0.383 e. The number of hydrogen-bond acceptors (Lipinski definition) is 4. The van der Waals surface area contributed by atoms with Gasteiger partial charge in [0.05, 0.1) is 17.9 Å². The second kappa shape index (κ2) is 7.19. The van der Waals surface area contributed by atoms with Crippen LogP contribution in [0.1, 0.15) is 33.2 Å². The molecule has 1 aromatic rings. The highest BCUT2D eigenvalue weighted by Crippen LogP contribution is 2.18. The number of nitrogens with zero attached hydrogens (tertiary/aromatic N) is 2. The summed E-state index contributed by atoms with van der Waals surface area (Å²) in [5.41, 5.74) is 0.679. The Morgan fingerprint density at radius 1 is 1.50 bits per heavy atom. The molecule has 18 heavy (non-hydrogen) atoms. The summed E-state index contributed by atoms with van der Waals surface area (Å²) in [6.45, 7) is 6.91. The fourth-order valence-corrected chi connectivity index (χ4v) is 2.24. The summed E-state index contributed by atoms with van der Waals surface area (Å²) in [6.07, 6.45) is 4.86. The molecule has 0 aromatic carbocycles. The molecule has 0 spiro atoms. The maximum atomic E-state index is 12.0. The lowest BCUT2D eigenvalue weighted by atomic mass is 10.3. The summed E-state index contributed by atoms with van der Waals surface area (Å²) in [5.74, 6) is 0. The molecule has 0 aliphatic heterocycles. The SMILES string of the molecule is CSC(C)CCNc1cnn(C(C)C)c(=O)c1Br. The van der Waals surface area contributed by atoms with Crippen LogP contribution >= 0.6 is 27.7 Å². The van der Waals surface area contributed by atoms with Gasteiger partial charge in [-0.2, -0.15) is 16.9 Å². The summed E-state index contributed by atoms with van der Waals surface area (Å²) in [6, 6.07) is 0.0689. The van der Waals surface area contributed by atoms with Crippen molar-refractivity contribution in [1.29, 1.82) is 0 Å². The quantitative estimate of drug-likeness (QED) is 0.868. The third-order valence-electron chi connectivity index (χ3n) is 2.70. The zero-order valence-corrected chi connectivity index (χ0v) is 13.6. The lowest BCUT2D eigenvalue weighted by Gasteiger charge is -2.13. The Hall–Kier alpha value is -0.490. The number of hydrogen-bond donors (Lipinski definition) is 1. The van der Waals surface area contributed by atoms with E-state index in [2.05, 4.69) is 39.5 Å². The van der Waals surface area contributed by atoms with E-state index in [1.807, 2.05) is 25.6 Å². The molecule has 1 aromatic heterocycles. The Morgan fingerprint density at radius 3 is 2.72 bits per heavy atom. The van der Waals surface area contributed by atoms with Crippen LogP contribution in [0.15, 0.2) is 15.5 Å². The van der Waals surface area contributed by atoms with Gasteiger partial charge in [0.2, 0.25) is 0 Å². The molecular weight excluding hydrogens is 314 g/mol. The maximum absolute atomic E-state index is 12.0. The molecule has 1 heterocycles. The molecule has 0 saturated carbocycles. The van der Waals surface area contributed by atoms with E-state index in [4.69, 9.17) is 0 Å². The molecule has 0 aliphatic carbocycles. The third-order valence-corrected chi connectivity index (χ3v) is 4.51. The average molecular weight is 334 g/mol. The van der Waals surface area contributed by atoms with E-state index in [0.29, 0.717) is 9.72 Å². The minimum absolute atomic E-state index is 0.0689. The molecule has 0 bridgehead atoms. The molecule has 1 rings (SSSR count). The Labute approximate surface area is 121 Å². The second-order valence-corrected chi connectivity index (χ2v) is 6.55. The fourth-order valence-electron chi connectivity index (χ4n) is 1.46. The molecular formula is C12H20BrN3OS. The van der Waals surface area contributed by atoms with Gasteiger partial charge in [-0.05, 0) is 42.5 Å². The standard InChI is InChI=1S/C12H20BrN3OS/c1-8(2)16-12(17)11(13)10(7-15-16)14-6-5-9(3)18-4/h7-9,14H,5-6H2,1-4H3. The number of thioether (sulfide) groups is 1. The maximum Gasteiger partial charge on any atom is 0.283 e. The first-order valence-electron chi connectivity index (χ1n) is 6.01. The number of nitrogens with one attached hydrogen (secondary N) is 1. The second-order valence-electron chi connectivity index (χ2n) is 4.48. The highest BCUT2D eigenvalue weighted by atomic mass is 79.9. The van der Waals surface area contributed by atoms with Crippen molar-refractivity contribution in [2.45, 2.75) is 38.5 Å². The Morgan fingerprint density at radius 2 is 2.17 bits per heavy atom. The van der Waals surface area contributed by atoms with Crippen molar-refractivity contribution in [3.63, 3.8) is 0 Å². The summed E-state index contributed by atoms with van der Waals surface area (Å²) < 4.78 is 2.03. The van der Waals surface area contributed by atoms with Crippen LogP contribution in [0.25, 0.3) is 0 Å². The zero-order valence-electron chi connectivity index (χ0n) is 11.2. The molecule has 0 amide bonds. The lowest BCUT2D eigenvalue weighted by molar-refractivity contribution is 0.501. The van der Waals surface area contributed by atoms with Gasteiger partial charge in [0.15, 0.2) is 0 Å². The molecule has 1 atom stereocenters. The Kier molecular flexibility index (Phi) is 6.21. The van der Waals surface area contributed by atoms with Crippen LogP contribution in [0, 0.1) is 0 Å². The highest BCUT2D eigenvalue weighted by Gasteiger charge is 2.10.